The minimum Gasteiger partial charge on any atom is -0.385 e. The normalized spacial score (nSPS) is 20.6. The molecular formula is C11H14BrN. The van der Waals surface area contributed by atoms with E-state index in [1.165, 1.54) is 23.2 Å². The maximum atomic E-state index is 3.71. The maximum Gasteiger partial charge on any atom is 0.0432 e. The Hall–Kier alpha value is -0.500. The van der Waals surface area contributed by atoms with Crippen LogP contribution in [0.15, 0.2) is 18.2 Å². The van der Waals surface area contributed by atoms with Crippen molar-refractivity contribution in [2.75, 3.05) is 11.9 Å². The van der Waals surface area contributed by atoms with Crippen molar-refractivity contribution in [3.8, 4) is 0 Å². The molecule has 0 spiro atoms. The third kappa shape index (κ3) is 1.60. The Labute approximate surface area is 87.7 Å². The van der Waals surface area contributed by atoms with Crippen molar-refractivity contribution in [1.29, 1.82) is 0 Å². The van der Waals surface area contributed by atoms with Crippen LogP contribution in [0.5, 0.6) is 0 Å². The number of rotatable bonds is 1. The number of aryl methyl sites for hydroxylation is 1. The summed E-state index contributed by atoms with van der Waals surface area (Å²) >= 11 is 3.71. The van der Waals surface area contributed by atoms with Gasteiger partial charge in [-0.05, 0) is 24.0 Å². The molecule has 1 aliphatic heterocycles. The molecule has 1 heterocycles. The SMILES string of the molecule is CCc1cccc2c1NCCC2Br. The number of hydrogen-bond acceptors (Lipinski definition) is 1. The number of para-hydroxylation sites is 1. The first-order valence-electron chi connectivity index (χ1n) is 4.82. The molecule has 0 aliphatic carbocycles. The minimum atomic E-state index is 0.537. The highest BCUT2D eigenvalue weighted by Crippen LogP contribution is 2.37. The molecule has 0 radical (unpaired) electrons. The molecule has 1 aliphatic rings. The van der Waals surface area contributed by atoms with E-state index in [4.69, 9.17) is 0 Å². The molecule has 0 saturated carbocycles. The molecule has 1 aromatic rings. The number of benzene rings is 1. The molecule has 1 nitrogen and oxygen atoms in total. The fraction of sp³-hybridized carbons (Fsp3) is 0.455. The Morgan fingerprint density at radius 2 is 2.38 bits per heavy atom. The number of fused-ring (bicyclic) bond motifs is 1. The molecule has 1 aromatic carbocycles. The van der Waals surface area contributed by atoms with E-state index in [0.29, 0.717) is 4.83 Å². The fourth-order valence-electron chi connectivity index (χ4n) is 1.87. The number of halogens is 1. The molecule has 13 heavy (non-hydrogen) atoms. The van der Waals surface area contributed by atoms with Crippen molar-refractivity contribution >= 4 is 21.6 Å². The van der Waals surface area contributed by atoms with E-state index < -0.39 is 0 Å². The third-order valence-corrected chi connectivity index (χ3v) is 3.55. The van der Waals surface area contributed by atoms with Crippen LogP contribution in [0.1, 0.15) is 29.3 Å². The first-order chi connectivity index (χ1) is 6.33. The first kappa shape index (κ1) is 9.07. The van der Waals surface area contributed by atoms with Crippen molar-refractivity contribution in [2.24, 2.45) is 0 Å². The lowest BCUT2D eigenvalue weighted by Gasteiger charge is -2.24. The number of nitrogens with one attached hydrogen (secondary N) is 1. The fourth-order valence-corrected chi connectivity index (χ4v) is 2.48. The minimum absolute atomic E-state index is 0.537. The van der Waals surface area contributed by atoms with Crippen molar-refractivity contribution in [2.45, 2.75) is 24.6 Å². The van der Waals surface area contributed by atoms with Gasteiger partial charge in [-0.2, -0.15) is 0 Å². The van der Waals surface area contributed by atoms with Crippen LogP contribution in [-0.2, 0) is 6.42 Å². The van der Waals surface area contributed by atoms with E-state index in [0.717, 1.165) is 13.0 Å². The second kappa shape index (κ2) is 3.70. The zero-order valence-electron chi connectivity index (χ0n) is 7.81. The molecule has 0 fully saturated rings. The molecule has 70 valence electrons. The van der Waals surface area contributed by atoms with Crippen molar-refractivity contribution < 1.29 is 0 Å². The van der Waals surface area contributed by atoms with Crippen LogP contribution in [0.2, 0.25) is 0 Å². The van der Waals surface area contributed by atoms with Crippen LogP contribution in [0.4, 0.5) is 5.69 Å². The topological polar surface area (TPSA) is 12.0 Å². The van der Waals surface area contributed by atoms with Gasteiger partial charge in [0.2, 0.25) is 0 Å². The lowest BCUT2D eigenvalue weighted by Crippen LogP contribution is -2.15. The van der Waals surface area contributed by atoms with Gasteiger partial charge in [0.15, 0.2) is 0 Å². The van der Waals surface area contributed by atoms with E-state index in [2.05, 4.69) is 46.4 Å². The van der Waals surface area contributed by atoms with E-state index in [1.54, 1.807) is 0 Å². The van der Waals surface area contributed by atoms with Crippen LogP contribution in [0, 0.1) is 0 Å². The van der Waals surface area contributed by atoms with Gasteiger partial charge in [-0.25, -0.2) is 0 Å². The zero-order valence-corrected chi connectivity index (χ0v) is 9.39. The van der Waals surface area contributed by atoms with Crippen molar-refractivity contribution in [3.63, 3.8) is 0 Å². The summed E-state index contributed by atoms with van der Waals surface area (Å²) in [5.41, 5.74) is 4.21. The van der Waals surface area contributed by atoms with Gasteiger partial charge in [0.05, 0.1) is 0 Å². The molecule has 0 bridgehead atoms. The van der Waals surface area contributed by atoms with Crippen LogP contribution in [0.3, 0.4) is 0 Å². The largest absolute Gasteiger partial charge is 0.385 e. The van der Waals surface area contributed by atoms with Gasteiger partial charge >= 0.3 is 0 Å². The first-order valence-corrected chi connectivity index (χ1v) is 5.74. The average molecular weight is 240 g/mol. The van der Waals surface area contributed by atoms with E-state index in [9.17, 15) is 0 Å². The number of anilines is 1. The summed E-state index contributed by atoms with van der Waals surface area (Å²) in [6, 6.07) is 6.57. The van der Waals surface area contributed by atoms with Crippen LogP contribution >= 0.6 is 15.9 Å². The summed E-state index contributed by atoms with van der Waals surface area (Å²) in [6.45, 7) is 3.29. The zero-order chi connectivity index (χ0) is 9.26. The second-order valence-corrected chi connectivity index (χ2v) is 4.52. The number of hydrogen-bond donors (Lipinski definition) is 1. The molecule has 1 N–H and O–H groups in total. The van der Waals surface area contributed by atoms with Gasteiger partial charge in [0.25, 0.3) is 0 Å². The Morgan fingerprint density at radius 3 is 3.15 bits per heavy atom. The lowest BCUT2D eigenvalue weighted by molar-refractivity contribution is 0.817. The van der Waals surface area contributed by atoms with Crippen LogP contribution < -0.4 is 5.32 Å². The van der Waals surface area contributed by atoms with Gasteiger partial charge in [0.1, 0.15) is 0 Å². The van der Waals surface area contributed by atoms with Crippen molar-refractivity contribution in [3.05, 3.63) is 29.3 Å². The lowest BCUT2D eigenvalue weighted by atomic mass is 9.98. The highest BCUT2D eigenvalue weighted by molar-refractivity contribution is 9.09. The quantitative estimate of drug-likeness (QED) is 0.741. The average Bonchev–Trinajstić information content (AvgIpc) is 2.18. The monoisotopic (exact) mass is 239 g/mol. The van der Waals surface area contributed by atoms with Gasteiger partial charge in [-0.15, -0.1) is 0 Å². The second-order valence-electron chi connectivity index (χ2n) is 3.42. The molecule has 0 amide bonds. The van der Waals surface area contributed by atoms with E-state index >= 15 is 0 Å². The molecule has 2 rings (SSSR count). The maximum absolute atomic E-state index is 3.71. The third-order valence-electron chi connectivity index (χ3n) is 2.60. The Kier molecular flexibility index (Phi) is 2.58. The van der Waals surface area contributed by atoms with Crippen LogP contribution in [0.25, 0.3) is 0 Å². The number of alkyl halides is 1. The summed E-state index contributed by atoms with van der Waals surface area (Å²) in [5, 5.41) is 3.48. The summed E-state index contributed by atoms with van der Waals surface area (Å²) in [6.07, 6.45) is 2.29. The summed E-state index contributed by atoms with van der Waals surface area (Å²) in [5.74, 6) is 0. The van der Waals surface area contributed by atoms with Crippen molar-refractivity contribution in [1.82, 2.24) is 0 Å². The van der Waals surface area contributed by atoms with Gasteiger partial charge in [0, 0.05) is 17.1 Å². The summed E-state index contributed by atoms with van der Waals surface area (Å²) in [7, 11) is 0. The highest BCUT2D eigenvalue weighted by Gasteiger charge is 2.18. The van der Waals surface area contributed by atoms with Crippen LogP contribution in [-0.4, -0.2) is 6.54 Å². The molecule has 0 aromatic heterocycles. The van der Waals surface area contributed by atoms with E-state index in [1.807, 2.05) is 0 Å². The molecule has 1 atom stereocenters. The Bertz CT molecular complexity index is 309. The molecule has 2 heteroatoms. The molecule has 0 saturated heterocycles. The van der Waals surface area contributed by atoms with E-state index in [-0.39, 0.29) is 0 Å². The van der Waals surface area contributed by atoms with Gasteiger partial charge in [-0.3, -0.25) is 0 Å². The smallest absolute Gasteiger partial charge is 0.0432 e. The Morgan fingerprint density at radius 1 is 1.54 bits per heavy atom. The highest BCUT2D eigenvalue weighted by atomic mass is 79.9. The standard InChI is InChI=1S/C11H14BrN/c1-2-8-4-3-5-9-10(12)6-7-13-11(8)9/h3-5,10,13H,2,6-7H2,1H3. The Balaban J connectivity index is 2.48. The summed E-state index contributed by atoms with van der Waals surface area (Å²) in [4.78, 5) is 0.537. The van der Waals surface area contributed by atoms with Gasteiger partial charge in [-0.1, -0.05) is 41.1 Å². The van der Waals surface area contributed by atoms with Gasteiger partial charge < -0.3 is 5.32 Å². The predicted molar refractivity (Wildman–Crippen MR) is 60.6 cm³/mol. The predicted octanol–water partition coefficient (Wildman–Crippen LogP) is 3.50. The molecular weight excluding hydrogens is 226 g/mol. The summed E-state index contributed by atoms with van der Waals surface area (Å²) < 4.78 is 0. The molecule has 1 unspecified atom stereocenters.